The van der Waals surface area contributed by atoms with Gasteiger partial charge in [-0.05, 0) is 43.7 Å². The molecule has 1 aliphatic carbocycles. The Hall–Kier alpha value is -3.16. The molecular formula is C21H23N5O3. The summed E-state index contributed by atoms with van der Waals surface area (Å²) in [5.74, 6) is 1.48. The van der Waals surface area contributed by atoms with Crippen molar-refractivity contribution in [1.82, 2.24) is 24.5 Å². The second-order valence-corrected chi connectivity index (χ2v) is 7.90. The molecule has 0 unspecified atom stereocenters. The molecular weight excluding hydrogens is 370 g/mol. The van der Waals surface area contributed by atoms with Crippen LogP contribution >= 0.6 is 0 Å². The van der Waals surface area contributed by atoms with Gasteiger partial charge in [-0.3, -0.25) is 9.59 Å². The first-order chi connectivity index (χ1) is 14.2. The monoisotopic (exact) mass is 393 g/mol. The Morgan fingerprint density at radius 1 is 1.17 bits per heavy atom. The van der Waals surface area contributed by atoms with Gasteiger partial charge in [-0.2, -0.15) is 0 Å². The maximum atomic E-state index is 12.5. The Balaban J connectivity index is 1.15. The molecule has 8 nitrogen and oxygen atoms in total. The molecule has 1 saturated carbocycles. The summed E-state index contributed by atoms with van der Waals surface area (Å²) in [6.07, 6.45) is 7.68. The van der Waals surface area contributed by atoms with E-state index in [4.69, 9.17) is 4.74 Å². The molecule has 1 aliphatic heterocycles. The van der Waals surface area contributed by atoms with Crippen LogP contribution in [-0.4, -0.2) is 50.1 Å². The fourth-order valence-corrected chi connectivity index (χ4v) is 3.80. The topological polar surface area (TPSA) is 92.6 Å². The van der Waals surface area contributed by atoms with Crippen LogP contribution in [-0.2, 0) is 0 Å². The van der Waals surface area contributed by atoms with Crippen LogP contribution in [0.4, 0.5) is 0 Å². The van der Waals surface area contributed by atoms with Gasteiger partial charge in [0.25, 0.3) is 5.91 Å². The van der Waals surface area contributed by atoms with E-state index >= 15 is 0 Å². The predicted molar refractivity (Wildman–Crippen MR) is 106 cm³/mol. The lowest BCUT2D eigenvalue weighted by atomic mass is 9.97. The number of H-pyrrole nitrogens is 1. The number of carbonyl (C=O) groups excluding carboxylic acids is 1. The van der Waals surface area contributed by atoms with Gasteiger partial charge in [0.1, 0.15) is 0 Å². The molecule has 3 aromatic heterocycles. The van der Waals surface area contributed by atoms with Gasteiger partial charge in [0, 0.05) is 42.9 Å². The quantitative estimate of drug-likeness (QED) is 0.718. The van der Waals surface area contributed by atoms with Gasteiger partial charge in [0.2, 0.25) is 11.4 Å². The number of likely N-dealkylation sites (tertiary alicyclic amines) is 1. The van der Waals surface area contributed by atoms with Crippen LogP contribution in [0.2, 0.25) is 0 Å². The van der Waals surface area contributed by atoms with E-state index in [1.165, 1.54) is 25.1 Å². The fourth-order valence-electron chi connectivity index (χ4n) is 3.80. The molecule has 29 heavy (non-hydrogen) atoms. The summed E-state index contributed by atoms with van der Waals surface area (Å²) in [5, 5.41) is 4.52. The lowest BCUT2D eigenvalue weighted by Gasteiger charge is -2.31. The van der Waals surface area contributed by atoms with E-state index in [9.17, 15) is 9.59 Å². The molecule has 8 heteroatoms. The number of imidazole rings is 1. The van der Waals surface area contributed by atoms with Gasteiger partial charge in [-0.1, -0.05) is 0 Å². The van der Waals surface area contributed by atoms with Crippen molar-refractivity contribution in [2.75, 3.05) is 19.7 Å². The molecule has 4 heterocycles. The standard InChI is InChI=1S/C21H23N5O3/c27-19-11-16(5-8-22-19)21(28)25-9-6-14(7-10-25)13-29-20-4-3-18-23-17(15-1-2-15)12-26(18)24-20/h3-5,8,11-12,14-15H,1-2,6-7,9-10,13H2,(H,22,27). The van der Waals surface area contributed by atoms with E-state index in [1.54, 1.807) is 15.5 Å². The van der Waals surface area contributed by atoms with Gasteiger partial charge < -0.3 is 14.6 Å². The SMILES string of the molecule is O=C(c1cc[nH]c(=O)c1)N1CCC(COc2ccc3nc(C4CC4)cn3n2)CC1. The second-order valence-electron chi connectivity index (χ2n) is 7.90. The molecule has 0 bridgehead atoms. The molecule has 1 amide bonds. The highest BCUT2D eigenvalue weighted by Gasteiger charge is 2.27. The van der Waals surface area contributed by atoms with Crippen molar-refractivity contribution >= 4 is 11.6 Å². The Labute approximate surface area is 167 Å². The van der Waals surface area contributed by atoms with Crippen molar-refractivity contribution in [1.29, 1.82) is 0 Å². The number of ether oxygens (including phenoxy) is 1. The predicted octanol–water partition coefficient (Wildman–Crippen LogP) is 2.23. The number of aromatic nitrogens is 4. The van der Waals surface area contributed by atoms with Gasteiger partial charge in [-0.15, -0.1) is 5.10 Å². The van der Waals surface area contributed by atoms with Crippen LogP contribution in [0.15, 0.2) is 41.5 Å². The van der Waals surface area contributed by atoms with Crippen LogP contribution < -0.4 is 10.3 Å². The number of piperidine rings is 1. The van der Waals surface area contributed by atoms with Gasteiger partial charge in [-0.25, -0.2) is 9.50 Å². The Kier molecular flexibility index (Phi) is 4.54. The third kappa shape index (κ3) is 3.87. The third-order valence-electron chi connectivity index (χ3n) is 5.70. The number of nitrogens with zero attached hydrogens (tertiary/aromatic N) is 4. The maximum absolute atomic E-state index is 12.5. The number of amides is 1. The van der Waals surface area contributed by atoms with Crippen molar-refractivity contribution in [3.05, 3.63) is 58.3 Å². The smallest absolute Gasteiger partial charge is 0.254 e. The number of rotatable bonds is 5. The average Bonchev–Trinajstić information content (AvgIpc) is 3.51. The lowest BCUT2D eigenvalue weighted by molar-refractivity contribution is 0.0658. The fraction of sp³-hybridized carbons (Fsp3) is 0.429. The molecule has 2 fully saturated rings. The molecule has 2 aliphatic rings. The molecule has 0 spiro atoms. The van der Waals surface area contributed by atoms with Crippen LogP contribution in [0.1, 0.15) is 47.7 Å². The van der Waals surface area contributed by atoms with E-state index in [1.807, 2.05) is 18.3 Å². The van der Waals surface area contributed by atoms with Crippen LogP contribution in [0.3, 0.4) is 0 Å². The molecule has 3 aromatic rings. The zero-order chi connectivity index (χ0) is 19.8. The minimum atomic E-state index is -0.259. The van der Waals surface area contributed by atoms with E-state index in [0.29, 0.717) is 43.0 Å². The van der Waals surface area contributed by atoms with Crippen LogP contribution in [0.25, 0.3) is 5.65 Å². The number of aromatic amines is 1. The number of hydrogen-bond acceptors (Lipinski definition) is 5. The van der Waals surface area contributed by atoms with Crippen molar-refractivity contribution in [3.63, 3.8) is 0 Å². The summed E-state index contributed by atoms with van der Waals surface area (Å²) in [6, 6.07) is 6.80. The number of carbonyl (C=O) groups is 1. The average molecular weight is 393 g/mol. The first-order valence-corrected chi connectivity index (χ1v) is 10.1. The number of nitrogens with one attached hydrogen (secondary N) is 1. The summed E-state index contributed by atoms with van der Waals surface area (Å²) in [5.41, 5.74) is 2.15. The lowest BCUT2D eigenvalue weighted by Crippen LogP contribution is -2.40. The molecule has 0 atom stereocenters. The first kappa shape index (κ1) is 17.9. The molecule has 1 saturated heterocycles. The van der Waals surface area contributed by atoms with Crippen molar-refractivity contribution in [2.24, 2.45) is 5.92 Å². The summed E-state index contributed by atoms with van der Waals surface area (Å²) < 4.78 is 7.72. The van der Waals surface area contributed by atoms with Crippen molar-refractivity contribution in [3.8, 4) is 5.88 Å². The highest BCUT2D eigenvalue weighted by molar-refractivity contribution is 5.94. The number of pyridine rings is 1. The van der Waals surface area contributed by atoms with E-state index in [-0.39, 0.29) is 11.5 Å². The highest BCUT2D eigenvalue weighted by Crippen LogP contribution is 2.39. The second kappa shape index (κ2) is 7.35. The first-order valence-electron chi connectivity index (χ1n) is 10.1. The van der Waals surface area contributed by atoms with Crippen molar-refractivity contribution in [2.45, 2.75) is 31.6 Å². The van der Waals surface area contributed by atoms with E-state index < -0.39 is 0 Å². The number of fused-ring (bicyclic) bond motifs is 1. The molecule has 150 valence electrons. The molecule has 1 N–H and O–H groups in total. The summed E-state index contributed by atoms with van der Waals surface area (Å²) in [7, 11) is 0. The molecule has 0 aromatic carbocycles. The Morgan fingerprint density at radius 3 is 2.76 bits per heavy atom. The highest BCUT2D eigenvalue weighted by atomic mass is 16.5. The minimum absolute atomic E-state index is 0.0887. The zero-order valence-corrected chi connectivity index (χ0v) is 16.1. The number of hydrogen-bond donors (Lipinski definition) is 1. The van der Waals surface area contributed by atoms with Gasteiger partial charge >= 0.3 is 0 Å². The van der Waals surface area contributed by atoms with Crippen molar-refractivity contribution < 1.29 is 9.53 Å². The van der Waals surface area contributed by atoms with E-state index in [2.05, 4.69) is 15.1 Å². The minimum Gasteiger partial charge on any atom is -0.476 e. The van der Waals surface area contributed by atoms with Crippen LogP contribution in [0, 0.1) is 5.92 Å². The summed E-state index contributed by atoms with van der Waals surface area (Å²) in [6.45, 7) is 1.91. The normalized spacial score (nSPS) is 17.6. The third-order valence-corrected chi connectivity index (χ3v) is 5.70. The van der Waals surface area contributed by atoms with Gasteiger partial charge in [0.05, 0.1) is 18.5 Å². The summed E-state index contributed by atoms with van der Waals surface area (Å²) in [4.78, 5) is 32.9. The van der Waals surface area contributed by atoms with E-state index in [0.717, 1.165) is 24.2 Å². The Morgan fingerprint density at radius 2 is 2.00 bits per heavy atom. The molecule has 5 rings (SSSR count). The van der Waals surface area contributed by atoms with Crippen LogP contribution in [0.5, 0.6) is 5.88 Å². The largest absolute Gasteiger partial charge is 0.476 e. The zero-order valence-electron chi connectivity index (χ0n) is 16.1. The summed E-state index contributed by atoms with van der Waals surface area (Å²) >= 11 is 0. The Bertz CT molecular complexity index is 1090. The molecule has 0 radical (unpaired) electrons. The van der Waals surface area contributed by atoms with Gasteiger partial charge in [0.15, 0.2) is 5.65 Å². The maximum Gasteiger partial charge on any atom is 0.254 e.